The molecule has 1 heterocycles. The minimum atomic E-state index is -0.180. The number of carbonyl (C=O) groups is 1. The summed E-state index contributed by atoms with van der Waals surface area (Å²) in [5.74, 6) is 0.660. The molecule has 158 valence electrons. The summed E-state index contributed by atoms with van der Waals surface area (Å²) in [6.07, 6.45) is 0.0853. The number of carbonyl (C=O) groups excluding carboxylic acids is 1. The molecule has 0 bridgehead atoms. The number of nitrogens with one attached hydrogen (secondary N) is 1. The quantitative estimate of drug-likeness (QED) is 0.460. The maximum Gasteiger partial charge on any atom is 0.240 e. The highest BCUT2D eigenvalue weighted by molar-refractivity contribution is 5.94. The summed E-state index contributed by atoms with van der Waals surface area (Å²) in [4.78, 5) is 25.9. The molecule has 4 aromatic rings. The van der Waals surface area contributed by atoms with E-state index < -0.39 is 0 Å². The van der Waals surface area contributed by atoms with E-state index in [9.17, 15) is 9.59 Å². The van der Waals surface area contributed by atoms with E-state index in [-0.39, 0.29) is 30.0 Å². The highest BCUT2D eigenvalue weighted by atomic mass is 16.5. The van der Waals surface area contributed by atoms with Crippen LogP contribution in [-0.2, 0) is 11.3 Å². The molecule has 0 aliphatic heterocycles. The van der Waals surface area contributed by atoms with Gasteiger partial charge in [-0.1, -0.05) is 36.4 Å². The Morgan fingerprint density at radius 2 is 1.52 bits per heavy atom. The van der Waals surface area contributed by atoms with E-state index in [0.717, 1.165) is 22.3 Å². The molecule has 1 amide bonds. The maximum atomic E-state index is 13.0. The van der Waals surface area contributed by atoms with Gasteiger partial charge in [-0.3, -0.25) is 9.59 Å². The van der Waals surface area contributed by atoms with Crippen molar-refractivity contribution in [3.8, 4) is 5.75 Å². The second kappa shape index (κ2) is 8.64. The van der Waals surface area contributed by atoms with Crippen LogP contribution in [-0.4, -0.2) is 16.6 Å². The lowest BCUT2D eigenvalue weighted by atomic mass is 10.1. The van der Waals surface area contributed by atoms with Gasteiger partial charge in [0.2, 0.25) is 5.91 Å². The molecule has 1 N–H and O–H groups in total. The van der Waals surface area contributed by atoms with Gasteiger partial charge in [0.25, 0.3) is 0 Å². The Hall–Kier alpha value is -3.60. The molecule has 5 heteroatoms. The number of hydrogen-bond donors (Lipinski definition) is 1. The van der Waals surface area contributed by atoms with Crippen molar-refractivity contribution in [2.24, 2.45) is 0 Å². The second-order valence-corrected chi connectivity index (χ2v) is 7.98. The highest BCUT2D eigenvalue weighted by Gasteiger charge is 2.15. The van der Waals surface area contributed by atoms with Crippen molar-refractivity contribution in [1.29, 1.82) is 0 Å². The number of amides is 1. The van der Waals surface area contributed by atoms with Crippen molar-refractivity contribution in [2.75, 3.05) is 0 Å². The first kappa shape index (κ1) is 20.7. The first-order valence-corrected chi connectivity index (χ1v) is 10.5. The van der Waals surface area contributed by atoms with E-state index >= 15 is 0 Å². The van der Waals surface area contributed by atoms with E-state index in [2.05, 4.69) is 5.32 Å². The normalized spacial score (nSPS) is 12.3. The van der Waals surface area contributed by atoms with Gasteiger partial charge < -0.3 is 14.6 Å². The van der Waals surface area contributed by atoms with Crippen LogP contribution < -0.4 is 15.5 Å². The molecule has 4 rings (SSSR count). The van der Waals surface area contributed by atoms with Crippen LogP contribution in [0.2, 0.25) is 0 Å². The fourth-order valence-electron chi connectivity index (χ4n) is 3.89. The van der Waals surface area contributed by atoms with Crippen LogP contribution in [0.4, 0.5) is 0 Å². The minimum absolute atomic E-state index is 0.0156. The fraction of sp³-hybridized carbons (Fsp3) is 0.231. The summed E-state index contributed by atoms with van der Waals surface area (Å²) in [5.41, 5.74) is 2.46. The number of hydrogen-bond acceptors (Lipinski definition) is 3. The van der Waals surface area contributed by atoms with Crippen LogP contribution >= 0.6 is 0 Å². The summed E-state index contributed by atoms with van der Waals surface area (Å²) in [6.45, 7) is 6.04. The zero-order chi connectivity index (χ0) is 22.0. The van der Waals surface area contributed by atoms with Gasteiger partial charge in [0.1, 0.15) is 12.3 Å². The van der Waals surface area contributed by atoms with E-state index in [4.69, 9.17) is 4.74 Å². The van der Waals surface area contributed by atoms with E-state index in [1.54, 1.807) is 12.1 Å². The van der Waals surface area contributed by atoms with Crippen LogP contribution in [0.3, 0.4) is 0 Å². The number of benzene rings is 3. The number of para-hydroxylation sites is 2. The molecule has 0 unspecified atom stereocenters. The van der Waals surface area contributed by atoms with Gasteiger partial charge in [0.05, 0.1) is 23.2 Å². The van der Waals surface area contributed by atoms with Gasteiger partial charge in [-0.05, 0) is 62.7 Å². The van der Waals surface area contributed by atoms with Crippen molar-refractivity contribution < 1.29 is 9.53 Å². The molecule has 0 saturated heterocycles. The number of ether oxygens (including phenoxy) is 1. The predicted molar refractivity (Wildman–Crippen MR) is 124 cm³/mol. The Kier molecular flexibility index (Phi) is 5.76. The highest BCUT2D eigenvalue weighted by Crippen LogP contribution is 2.21. The monoisotopic (exact) mass is 414 g/mol. The zero-order valence-corrected chi connectivity index (χ0v) is 18.0. The second-order valence-electron chi connectivity index (χ2n) is 7.98. The van der Waals surface area contributed by atoms with Crippen LogP contribution in [0.25, 0.3) is 21.8 Å². The van der Waals surface area contributed by atoms with Gasteiger partial charge in [-0.15, -0.1) is 0 Å². The van der Waals surface area contributed by atoms with Gasteiger partial charge in [0, 0.05) is 10.8 Å². The summed E-state index contributed by atoms with van der Waals surface area (Å²) in [7, 11) is 0. The lowest BCUT2D eigenvalue weighted by Crippen LogP contribution is -2.30. The maximum absolute atomic E-state index is 13.0. The molecule has 1 atom stereocenters. The minimum Gasteiger partial charge on any atom is -0.491 e. The lowest BCUT2D eigenvalue weighted by molar-refractivity contribution is -0.122. The van der Waals surface area contributed by atoms with Crippen LogP contribution in [0.1, 0.15) is 32.4 Å². The molecule has 5 nitrogen and oxygen atoms in total. The number of pyridine rings is 1. The van der Waals surface area contributed by atoms with E-state index in [0.29, 0.717) is 10.8 Å². The smallest absolute Gasteiger partial charge is 0.240 e. The molecular formula is C26H26N2O3. The Bertz CT molecular complexity index is 1250. The first-order valence-electron chi connectivity index (χ1n) is 10.5. The van der Waals surface area contributed by atoms with Gasteiger partial charge in [-0.25, -0.2) is 0 Å². The topological polar surface area (TPSA) is 60.3 Å². The largest absolute Gasteiger partial charge is 0.491 e. The Morgan fingerprint density at radius 3 is 2.13 bits per heavy atom. The van der Waals surface area contributed by atoms with Crippen molar-refractivity contribution in [3.05, 3.63) is 88.6 Å². The number of nitrogens with zero attached hydrogens (tertiary/aromatic N) is 1. The average molecular weight is 415 g/mol. The van der Waals surface area contributed by atoms with Gasteiger partial charge in [-0.2, -0.15) is 0 Å². The van der Waals surface area contributed by atoms with Crippen LogP contribution in [0.5, 0.6) is 5.75 Å². The molecule has 0 fully saturated rings. The number of aromatic nitrogens is 1. The van der Waals surface area contributed by atoms with Crippen LogP contribution in [0, 0.1) is 0 Å². The number of rotatable bonds is 6. The van der Waals surface area contributed by atoms with E-state index in [1.807, 2.05) is 86.0 Å². The standard InChI is InChI=1S/C26H26N2O3/c1-17(2)31-20-10-8-9-19(15-20)18(3)27-25(29)16-28-23-13-6-4-11-21(23)26(30)22-12-5-7-14-24(22)28/h4-15,17-18H,16H2,1-3H3,(H,27,29)/t18-/m1/s1. The van der Waals surface area contributed by atoms with E-state index in [1.165, 1.54) is 0 Å². The molecule has 0 radical (unpaired) electrons. The first-order chi connectivity index (χ1) is 14.9. The average Bonchev–Trinajstić information content (AvgIpc) is 2.76. The molecule has 0 aliphatic carbocycles. The summed E-state index contributed by atoms with van der Waals surface area (Å²) >= 11 is 0. The Balaban J connectivity index is 1.63. The summed E-state index contributed by atoms with van der Waals surface area (Å²) in [6, 6.07) is 22.4. The third kappa shape index (κ3) is 4.31. The van der Waals surface area contributed by atoms with Crippen molar-refractivity contribution in [2.45, 2.75) is 39.5 Å². The lowest BCUT2D eigenvalue weighted by Gasteiger charge is -2.19. The van der Waals surface area contributed by atoms with Gasteiger partial charge >= 0.3 is 0 Å². The summed E-state index contributed by atoms with van der Waals surface area (Å²) < 4.78 is 7.68. The SMILES string of the molecule is CC(C)Oc1cccc([C@@H](C)NC(=O)Cn2c3ccccc3c(=O)c3ccccc32)c1. The third-order valence-electron chi connectivity index (χ3n) is 5.29. The molecule has 0 aliphatic rings. The fourth-order valence-corrected chi connectivity index (χ4v) is 3.89. The van der Waals surface area contributed by atoms with Gasteiger partial charge in [0.15, 0.2) is 5.43 Å². The number of fused-ring (bicyclic) bond motifs is 2. The Morgan fingerprint density at radius 1 is 0.903 bits per heavy atom. The van der Waals surface area contributed by atoms with Crippen molar-refractivity contribution >= 4 is 27.7 Å². The molecular weight excluding hydrogens is 388 g/mol. The Labute approximate surface area is 181 Å². The molecule has 3 aromatic carbocycles. The van der Waals surface area contributed by atoms with Crippen molar-refractivity contribution in [3.63, 3.8) is 0 Å². The summed E-state index contributed by atoms with van der Waals surface area (Å²) in [5, 5.41) is 4.30. The zero-order valence-electron chi connectivity index (χ0n) is 18.0. The van der Waals surface area contributed by atoms with Crippen molar-refractivity contribution in [1.82, 2.24) is 9.88 Å². The molecule has 0 saturated carbocycles. The molecule has 1 aromatic heterocycles. The molecule has 0 spiro atoms. The third-order valence-corrected chi connectivity index (χ3v) is 5.29. The van der Waals surface area contributed by atoms with Crippen LogP contribution in [0.15, 0.2) is 77.6 Å². The molecule has 31 heavy (non-hydrogen) atoms. The predicted octanol–water partition coefficient (Wildman–Crippen LogP) is 4.82.